The van der Waals surface area contributed by atoms with Crippen molar-refractivity contribution in [3.8, 4) is 0 Å². The lowest BCUT2D eigenvalue weighted by atomic mass is 10.4. The first-order valence-corrected chi connectivity index (χ1v) is 6.95. The number of pyridine rings is 1. The van der Waals surface area contributed by atoms with Crippen molar-refractivity contribution in [3.05, 3.63) is 18.3 Å². The van der Waals surface area contributed by atoms with Crippen LogP contribution in [0.4, 0.5) is 18.9 Å². The van der Waals surface area contributed by atoms with Crippen LogP contribution in [-0.4, -0.2) is 38.5 Å². The summed E-state index contributed by atoms with van der Waals surface area (Å²) in [6, 6.07) is 2.88. The van der Waals surface area contributed by atoms with Gasteiger partial charge in [0.25, 0.3) is 0 Å². The number of nitrogen functional groups attached to an aromatic ring is 1. The third-order valence-corrected chi connectivity index (χ3v) is 3.82. The van der Waals surface area contributed by atoms with Gasteiger partial charge in [0.05, 0.1) is 11.4 Å². The summed E-state index contributed by atoms with van der Waals surface area (Å²) < 4.78 is 63.2. The lowest BCUT2D eigenvalue weighted by Crippen LogP contribution is -2.19. The highest BCUT2D eigenvalue weighted by molar-refractivity contribution is 7.91. The number of hydrogen-bond acceptors (Lipinski definition) is 5. The van der Waals surface area contributed by atoms with Crippen molar-refractivity contribution in [1.82, 2.24) is 4.98 Å². The molecule has 0 aliphatic rings. The van der Waals surface area contributed by atoms with Gasteiger partial charge in [0.1, 0.15) is 6.61 Å². The Hall–Kier alpha value is -1.35. The molecule has 0 aliphatic carbocycles. The molecule has 0 amide bonds. The van der Waals surface area contributed by atoms with E-state index in [4.69, 9.17) is 5.73 Å². The monoisotopic (exact) mass is 298 g/mol. The average molecular weight is 298 g/mol. The fourth-order valence-electron chi connectivity index (χ4n) is 1.30. The Balaban J connectivity index is 2.47. The van der Waals surface area contributed by atoms with Crippen LogP contribution < -0.4 is 5.73 Å². The quantitative estimate of drug-likeness (QED) is 0.803. The van der Waals surface area contributed by atoms with Crippen LogP contribution >= 0.6 is 0 Å². The van der Waals surface area contributed by atoms with Crippen molar-refractivity contribution in [2.45, 2.75) is 17.6 Å². The molecule has 0 aliphatic heterocycles. The van der Waals surface area contributed by atoms with Gasteiger partial charge in [0.2, 0.25) is 0 Å². The maximum absolute atomic E-state index is 11.8. The number of hydrogen-bond donors (Lipinski definition) is 1. The molecule has 0 atom stereocenters. The molecule has 19 heavy (non-hydrogen) atoms. The molecule has 0 radical (unpaired) electrons. The molecule has 0 aromatic carbocycles. The van der Waals surface area contributed by atoms with Crippen LogP contribution in [0.15, 0.2) is 23.4 Å². The van der Waals surface area contributed by atoms with Gasteiger partial charge < -0.3 is 10.5 Å². The van der Waals surface area contributed by atoms with Crippen molar-refractivity contribution in [1.29, 1.82) is 0 Å². The van der Waals surface area contributed by atoms with E-state index in [0.29, 0.717) is 0 Å². The second kappa shape index (κ2) is 6.20. The Morgan fingerprint density at radius 3 is 2.63 bits per heavy atom. The molecular formula is C10H13F3N2O3S. The van der Waals surface area contributed by atoms with Crippen LogP contribution in [0.1, 0.15) is 6.42 Å². The van der Waals surface area contributed by atoms with E-state index in [9.17, 15) is 21.6 Å². The molecule has 0 saturated carbocycles. The van der Waals surface area contributed by atoms with Gasteiger partial charge in [-0.15, -0.1) is 0 Å². The Labute approximate surface area is 108 Å². The molecule has 0 saturated heterocycles. The van der Waals surface area contributed by atoms with Crippen LogP contribution in [0.5, 0.6) is 0 Å². The van der Waals surface area contributed by atoms with Crippen LogP contribution in [0.2, 0.25) is 0 Å². The van der Waals surface area contributed by atoms with E-state index in [0.717, 1.165) is 0 Å². The van der Waals surface area contributed by atoms with Crippen LogP contribution in [0.3, 0.4) is 0 Å². The summed E-state index contributed by atoms with van der Waals surface area (Å²) in [5, 5.41) is -0.258. The van der Waals surface area contributed by atoms with E-state index in [1.165, 1.54) is 18.3 Å². The first kappa shape index (κ1) is 15.7. The number of ether oxygens (including phenoxy) is 1. The third-order valence-electron chi connectivity index (χ3n) is 2.06. The number of aromatic nitrogens is 1. The molecule has 1 rings (SSSR count). The number of halogens is 3. The summed E-state index contributed by atoms with van der Waals surface area (Å²) in [4.78, 5) is 3.65. The highest BCUT2D eigenvalue weighted by Crippen LogP contribution is 2.17. The molecule has 1 aromatic rings. The summed E-state index contributed by atoms with van der Waals surface area (Å²) in [6.45, 7) is -1.69. The van der Waals surface area contributed by atoms with Crippen molar-refractivity contribution in [3.63, 3.8) is 0 Å². The maximum atomic E-state index is 11.8. The molecule has 0 unspecified atom stereocenters. The van der Waals surface area contributed by atoms with Crippen molar-refractivity contribution in [2.75, 3.05) is 24.7 Å². The topological polar surface area (TPSA) is 82.3 Å². The summed E-state index contributed by atoms with van der Waals surface area (Å²) >= 11 is 0. The highest BCUT2D eigenvalue weighted by Gasteiger charge is 2.27. The highest BCUT2D eigenvalue weighted by atomic mass is 32.2. The first-order valence-electron chi connectivity index (χ1n) is 5.30. The smallest absolute Gasteiger partial charge is 0.396 e. The van der Waals surface area contributed by atoms with Crippen LogP contribution in [0.25, 0.3) is 0 Å². The minimum atomic E-state index is -4.41. The van der Waals surface area contributed by atoms with Gasteiger partial charge in [-0.25, -0.2) is 13.4 Å². The molecule has 0 spiro atoms. The molecular weight excluding hydrogens is 285 g/mol. The van der Waals surface area contributed by atoms with E-state index < -0.39 is 22.6 Å². The molecule has 0 fully saturated rings. The van der Waals surface area contributed by atoms with Crippen molar-refractivity contribution < 1.29 is 26.3 Å². The Morgan fingerprint density at radius 1 is 1.37 bits per heavy atom. The molecule has 9 heteroatoms. The van der Waals surface area contributed by atoms with E-state index in [-0.39, 0.29) is 29.5 Å². The predicted octanol–water partition coefficient (Wildman–Crippen LogP) is 1.41. The average Bonchev–Trinajstić information content (AvgIpc) is 2.27. The number of nitrogens with two attached hydrogens (primary N) is 1. The number of alkyl halides is 3. The minimum Gasteiger partial charge on any atom is -0.396 e. The summed E-state index contributed by atoms with van der Waals surface area (Å²) in [6.07, 6.45) is -3.19. The molecule has 5 nitrogen and oxygen atoms in total. The zero-order valence-corrected chi connectivity index (χ0v) is 10.7. The van der Waals surface area contributed by atoms with Gasteiger partial charge >= 0.3 is 6.18 Å². The summed E-state index contributed by atoms with van der Waals surface area (Å²) in [5.74, 6) is -0.369. The predicted molar refractivity (Wildman–Crippen MR) is 62.2 cm³/mol. The number of anilines is 1. The van der Waals surface area contributed by atoms with Crippen molar-refractivity contribution in [2.24, 2.45) is 0 Å². The number of nitrogens with zero attached hydrogens (tertiary/aromatic N) is 1. The molecule has 1 heterocycles. The van der Waals surface area contributed by atoms with E-state index in [1.54, 1.807) is 0 Å². The van der Waals surface area contributed by atoms with Gasteiger partial charge in [0, 0.05) is 12.8 Å². The number of sulfone groups is 1. The van der Waals surface area contributed by atoms with E-state index in [1.807, 2.05) is 0 Å². The van der Waals surface area contributed by atoms with Gasteiger partial charge in [-0.1, -0.05) is 0 Å². The lowest BCUT2D eigenvalue weighted by molar-refractivity contribution is -0.173. The summed E-state index contributed by atoms with van der Waals surface area (Å²) in [7, 11) is -3.70. The maximum Gasteiger partial charge on any atom is 0.411 e. The first-order chi connectivity index (χ1) is 8.72. The molecule has 108 valence electrons. The second-order valence-electron chi connectivity index (χ2n) is 3.74. The Morgan fingerprint density at radius 2 is 2.05 bits per heavy atom. The normalized spacial score (nSPS) is 12.6. The van der Waals surface area contributed by atoms with E-state index >= 15 is 0 Å². The zero-order valence-electron chi connectivity index (χ0n) is 9.85. The van der Waals surface area contributed by atoms with Gasteiger partial charge in [-0.3, -0.25) is 0 Å². The fourth-order valence-corrected chi connectivity index (χ4v) is 2.64. The zero-order chi connectivity index (χ0) is 14.5. The SMILES string of the molecule is Nc1cccnc1S(=O)(=O)CCCOCC(F)(F)F. The van der Waals surface area contributed by atoms with E-state index in [2.05, 4.69) is 9.72 Å². The number of rotatable bonds is 6. The lowest BCUT2D eigenvalue weighted by Gasteiger charge is -2.08. The summed E-state index contributed by atoms with van der Waals surface area (Å²) in [5.41, 5.74) is 5.49. The standard InChI is InChI=1S/C10H13F3N2O3S/c11-10(12,13)7-18-5-2-6-19(16,17)9-8(14)3-1-4-15-9/h1,3-4H,2,5-7,14H2. The van der Waals surface area contributed by atoms with Crippen LogP contribution in [-0.2, 0) is 14.6 Å². The molecule has 0 bridgehead atoms. The van der Waals surface area contributed by atoms with Gasteiger partial charge in [0.15, 0.2) is 14.9 Å². The van der Waals surface area contributed by atoms with Crippen LogP contribution in [0, 0.1) is 0 Å². The van der Waals surface area contributed by atoms with Gasteiger partial charge in [-0.2, -0.15) is 13.2 Å². The minimum absolute atomic E-state index is 0.0127. The Kier molecular flexibility index (Phi) is 5.12. The third kappa shape index (κ3) is 5.43. The Bertz CT molecular complexity index is 517. The second-order valence-corrected chi connectivity index (χ2v) is 5.76. The largest absolute Gasteiger partial charge is 0.411 e. The van der Waals surface area contributed by atoms with Gasteiger partial charge in [-0.05, 0) is 18.6 Å². The fraction of sp³-hybridized carbons (Fsp3) is 0.500. The van der Waals surface area contributed by atoms with Crippen molar-refractivity contribution >= 4 is 15.5 Å². The molecule has 1 aromatic heterocycles. The molecule has 2 N–H and O–H groups in total.